The monoisotopic (exact) mass is 330 g/mol. The van der Waals surface area contributed by atoms with Gasteiger partial charge in [0.05, 0.1) is 13.0 Å². The van der Waals surface area contributed by atoms with E-state index in [-0.39, 0.29) is 5.91 Å². The van der Waals surface area contributed by atoms with Crippen LogP contribution in [0.1, 0.15) is 44.9 Å². The quantitative estimate of drug-likeness (QED) is 0.834. The van der Waals surface area contributed by atoms with Crippen molar-refractivity contribution in [3.8, 4) is 5.75 Å². The molecule has 2 fully saturated rings. The number of nitrogens with zero attached hydrogens (tertiary/aromatic N) is 1. The predicted molar refractivity (Wildman–Crippen MR) is 96.1 cm³/mol. The molecule has 1 N–H and O–H groups in total. The van der Waals surface area contributed by atoms with E-state index >= 15 is 0 Å². The van der Waals surface area contributed by atoms with Gasteiger partial charge in [0.1, 0.15) is 5.75 Å². The van der Waals surface area contributed by atoms with Crippen LogP contribution in [-0.4, -0.2) is 43.1 Å². The second kappa shape index (κ2) is 9.07. The van der Waals surface area contributed by atoms with E-state index in [4.69, 9.17) is 4.74 Å². The summed E-state index contributed by atoms with van der Waals surface area (Å²) >= 11 is 0. The summed E-state index contributed by atoms with van der Waals surface area (Å²) in [7, 11) is 0. The van der Waals surface area contributed by atoms with Crippen LogP contribution in [0, 0.1) is 5.92 Å². The number of hydrogen-bond donors (Lipinski definition) is 1. The molecule has 0 radical (unpaired) electrons. The van der Waals surface area contributed by atoms with Gasteiger partial charge in [0.25, 0.3) is 0 Å². The Morgan fingerprint density at radius 2 is 1.79 bits per heavy atom. The van der Waals surface area contributed by atoms with E-state index in [2.05, 4.69) is 10.2 Å². The van der Waals surface area contributed by atoms with Gasteiger partial charge >= 0.3 is 0 Å². The molecular formula is C20H30N2O2. The lowest BCUT2D eigenvalue weighted by atomic mass is 10.0. The van der Waals surface area contributed by atoms with Gasteiger partial charge in [0.15, 0.2) is 0 Å². The molecule has 2 aliphatic rings. The van der Waals surface area contributed by atoms with Crippen molar-refractivity contribution in [1.29, 1.82) is 0 Å². The minimum atomic E-state index is 0.111. The van der Waals surface area contributed by atoms with Crippen LogP contribution in [0.25, 0.3) is 0 Å². The van der Waals surface area contributed by atoms with Crippen molar-refractivity contribution in [1.82, 2.24) is 10.2 Å². The summed E-state index contributed by atoms with van der Waals surface area (Å²) in [6.07, 6.45) is 8.26. The number of carbonyl (C=O) groups excluding carboxylic acids is 1. The molecule has 24 heavy (non-hydrogen) atoms. The fourth-order valence-corrected chi connectivity index (χ4v) is 3.90. The number of nitrogens with one attached hydrogen (secondary N) is 1. The van der Waals surface area contributed by atoms with Crippen LogP contribution in [-0.2, 0) is 4.79 Å². The van der Waals surface area contributed by atoms with E-state index in [0.29, 0.717) is 19.1 Å². The maximum absolute atomic E-state index is 12.1. The third kappa shape index (κ3) is 5.52. The van der Waals surface area contributed by atoms with Crippen molar-refractivity contribution in [2.45, 2.75) is 51.0 Å². The largest absolute Gasteiger partial charge is 0.493 e. The second-order valence-electron chi connectivity index (χ2n) is 7.20. The summed E-state index contributed by atoms with van der Waals surface area (Å²) in [6.45, 7) is 3.96. The van der Waals surface area contributed by atoms with Gasteiger partial charge in [0.2, 0.25) is 5.91 Å². The Morgan fingerprint density at radius 3 is 2.50 bits per heavy atom. The normalized spacial score (nSPS) is 20.2. The zero-order valence-electron chi connectivity index (χ0n) is 14.6. The molecule has 0 aromatic heterocycles. The highest BCUT2D eigenvalue weighted by Crippen LogP contribution is 2.26. The minimum Gasteiger partial charge on any atom is -0.493 e. The zero-order valence-corrected chi connectivity index (χ0v) is 14.6. The Bertz CT molecular complexity index is 492. The van der Waals surface area contributed by atoms with Crippen molar-refractivity contribution in [3.63, 3.8) is 0 Å². The summed E-state index contributed by atoms with van der Waals surface area (Å²) in [5.74, 6) is 1.86. The third-order valence-electron chi connectivity index (χ3n) is 5.28. The molecule has 0 atom stereocenters. The van der Waals surface area contributed by atoms with E-state index in [1.165, 1.54) is 32.2 Å². The Balaban J connectivity index is 1.28. The van der Waals surface area contributed by atoms with Crippen LogP contribution in [0.15, 0.2) is 30.3 Å². The molecule has 1 saturated carbocycles. The van der Waals surface area contributed by atoms with Gasteiger partial charge in [-0.15, -0.1) is 0 Å². The summed E-state index contributed by atoms with van der Waals surface area (Å²) in [5, 5.41) is 3.17. The third-order valence-corrected chi connectivity index (χ3v) is 5.28. The van der Waals surface area contributed by atoms with E-state index in [9.17, 15) is 4.79 Å². The van der Waals surface area contributed by atoms with Gasteiger partial charge in [-0.25, -0.2) is 0 Å². The van der Waals surface area contributed by atoms with Crippen molar-refractivity contribution in [2.24, 2.45) is 5.92 Å². The van der Waals surface area contributed by atoms with E-state index < -0.39 is 0 Å². The molecule has 0 spiro atoms. The second-order valence-corrected chi connectivity index (χ2v) is 7.20. The lowest BCUT2D eigenvalue weighted by Gasteiger charge is -2.33. The number of ether oxygens (including phenoxy) is 1. The van der Waals surface area contributed by atoms with Gasteiger partial charge < -0.3 is 15.0 Å². The number of likely N-dealkylation sites (tertiary alicyclic amines) is 1. The Hall–Kier alpha value is -1.55. The fourth-order valence-electron chi connectivity index (χ4n) is 3.90. The summed E-state index contributed by atoms with van der Waals surface area (Å²) in [5.41, 5.74) is 0. The van der Waals surface area contributed by atoms with E-state index in [1.54, 1.807) is 0 Å². The standard InChI is InChI=1S/C20H30N2O2/c23-20(12-15-24-19-8-2-1-3-9-19)21-18-10-13-22(14-11-18)16-17-6-4-5-7-17/h1-3,8-9,17-18H,4-7,10-16H2,(H,21,23). The molecule has 4 nitrogen and oxygen atoms in total. The van der Waals surface area contributed by atoms with Crippen molar-refractivity contribution in [3.05, 3.63) is 30.3 Å². The van der Waals surface area contributed by atoms with Crippen LogP contribution in [0.4, 0.5) is 0 Å². The van der Waals surface area contributed by atoms with Crippen LogP contribution in [0.2, 0.25) is 0 Å². The topological polar surface area (TPSA) is 41.6 Å². The molecule has 132 valence electrons. The molecule has 1 aromatic carbocycles. The van der Waals surface area contributed by atoms with Crippen molar-refractivity contribution in [2.75, 3.05) is 26.2 Å². The Labute approximate surface area is 145 Å². The zero-order chi connectivity index (χ0) is 16.6. The number of rotatable bonds is 7. The molecule has 1 aliphatic carbocycles. The van der Waals surface area contributed by atoms with Crippen LogP contribution >= 0.6 is 0 Å². The summed E-state index contributed by atoms with van der Waals surface area (Å²) in [6, 6.07) is 10.0. The van der Waals surface area contributed by atoms with Gasteiger partial charge in [-0.1, -0.05) is 31.0 Å². The molecule has 3 rings (SSSR count). The summed E-state index contributed by atoms with van der Waals surface area (Å²) in [4.78, 5) is 14.7. The predicted octanol–water partition coefficient (Wildman–Crippen LogP) is 3.23. The molecule has 1 aromatic rings. The number of piperidine rings is 1. The average molecular weight is 330 g/mol. The lowest BCUT2D eigenvalue weighted by Crippen LogP contribution is -2.45. The molecule has 1 saturated heterocycles. The lowest BCUT2D eigenvalue weighted by molar-refractivity contribution is -0.122. The highest BCUT2D eigenvalue weighted by molar-refractivity contribution is 5.76. The van der Waals surface area contributed by atoms with Crippen LogP contribution < -0.4 is 10.1 Å². The molecule has 4 heteroatoms. The van der Waals surface area contributed by atoms with Gasteiger partial charge in [-0.05, 0) is 43.7 Å². The first-order valence-corrected chi connectivity index (χ1v) is 9.49. The fraction of sp³-hybridized carbons (Fsp3) is 0.650. The minimum absolute atomic E-state index is 0.111. The highest BCUT2D eigenvalue weighted by Gasteiger charge is 2.24. The number of carbonyl (C=O) groups is 1. The van der Waals surface area contributed by atoms with Crippen molar-refractivity contribution < 1.29 is 9.53 Å². The molecule has 1 amide bonds. The number of para-hydroxylation sites is 1. The number of amides is 1. The highest BCUT2D eigenvalue weighted by atomic mass is 16.5. The van der Waals surface area contributed by atoms with Gasteiger partial charge in [-0.3, -0.25) is 4.79 Å². The van der Waals surface area contributed by atoms with Crippen molar-refractivity contribution >= 4 is 5.91 Å². The SMILES string of the molecule is O=C(CCOc1ccccc1)NC1CCN(CC2CCCC2)CC1. The number of benzene rings is 1. The first kappa shape index (κ1) is 17.3. The number of hydrogen-bond acceptors (Lipinski definition) is 3. The summed E-state index contributed by atoms with van der Waals surface area (Å²) < 4.78 is 5.59. The first-order chi connectivity index (χ1) is 11.8. The Kier molecular flexibility index (Phi) is 6.53. The maximum atomic E-state index is 12.1. The van der Waals surface area contributed by atoms with E-state index in [1.807, 2.05) is 30.3 Å². The molecular weight excluding hydrogens is 300 g/mol. The van der Waals surface area contributed by atoms with E-state index in [0.717, 1.165) is 37.6 Å². The molecule has 1 aliphatic heterocycles. The van der Waals surface area contributed by atoms with Crippen LogP contribution in [0.3, 0.4) is 0 Å². The Morgan fingerprint density at radius 1 is 1.08 bits per heavy atom. The van der Waals surface area contributed by atoms with Crippen LogP contribution in [0.5, 0.6) is 5.75 Å². The molecule has 1 heterocycles. The smallest absolute Gasteiger partial charge is 0.223 e. The van der Waals surface area contributed by atoms with Gasteiger partial charge in [0, 0.05) is 25.7 Å². The first-order valence-electron chi connectivity index (χ1n) is 9.49. The van der Waals surface area contributed by atoms with Gasteiger partial charge in [-0.2, -0.15) is 0 Å². The average Bonchev–Trinajstić information content (AvgIpc) is 3.11. The molecule has 0 bridgehead atoms. The molecule has 0 unspecified atom stereocenters. The maximum Gasteiger partial charge on any atom is 0.223 e.